The lowest BCUT2D eigenvalue weighted by molar-refractivity contribution is -0.536. The summed E-state index contributed by atoms with van der Waals surface area (Å²) in [6, 6.07) is -0.0810. The molecule has 0 amide bonds. The van der Waals surface area contributed by atoms with Crippen molar-refractivity contribution in [3.8, 4) is 0 Å². The summed E-state index contributed by atoms with van der Waals surface area (Å²) in [6.07, 6.45) is 6.94. The molecule has 0 fully saturated rings. The standard InChI is InChI=1S/C9H7BrClN2O/c10-3-9(14)7-4-12-13-5-6(11)1-2-8(7)13/h1-2,4-5,8H,3H2/q+1. The van der Waals surface area contributed by atoms with Gasteiger partial charge in [-0.1, -0.05) is 32.2 Å². The van der Waals surface area contributed by atoms with Crippen molar-refractivity contribution < 1.29 is 9.49 Å². The van der Waals surface area contributed by atoms with Crippen molar-refractivity contribution in [3.63, 3.8) is 0 Å². The van der Waals surface area contributed by atoms with Crippen LogP contribution in [0.4, 0.5) is 0 Å². The van der Waals surface area contributed by atoms with Gasteiger partial charge >= 0.3 is 0 Å². The van der Waals surface area contributed by atoms with Gasteiger partial charge in [0.15, 0.2) is 5.78 Å². The Kier molecular flexibility index (Phi) is 2.65. The lowest BCUT2D eigenvalue weighted by atomic mass is 10.0. The molecule has 0 aromatic carbocycles. The van der Waals surface area contributed by atoms with Gasteiger partial charge in [0.2, 0.25) is 12.2 Å². The van der Waals surface area contributed by atoms with Crippen molar-refractivity contribution in [2.45, 2.75) is 6.04 Å². The van der Waals surface area contributed by atoms with E-state index in [-0.39, 0.29) is 11.8 Å². The topological polar surface area (TPSA) is 32.4 Å². The molecule has 3 nitrogen and oxygen atoms in total. The largest absolute Gasteiger partial charge is 0.293 e. The van der Waals surface area contributed by atoms with E-state index in [0.29, 0.717) is 15.9 Å². The second-order valence-electron chi connectivity index (χ2n) is 2.95. The van der Waals surface area contributed by atoms with E-state index in [0.717, 1.165) is 0 Å². The van der Waals surface area contributed by atoms with Gasteiger partial charge in [0.05, 0.1) is 10.9 Å². The lowest BCUT2D eigenvalue weighted by Crippen LogP contribution is -2.24. The first-order chi connectivity index (χ1) is 6.72. The molecule has 72 valence electrons. The molecule has 0 aromatic heterocycles. The van der Waals surface area contributed by atoms with Crippen LogP contribution in [-0.2, 0) is 4.79 Å². The first-order valence-electron chi connectivity index (χ1n) is 4.06. The van der Waals surface area contributed by atoms with Crippen LogP contribution in [0.5, 0.6) is 0 Å². The maximum atomic E-state index is 11.5. The maximum Gasteiger partial charge on any atom is 0.233 e. The average molecular weight is 275 g/mol. The Balaban J connectivity index is 2.26. The highest BCUT2D eigenvalue weighted by Gasteiger charge is 2.34. The van der Waals surface area contributed by atoms with Gasteiger partial charge in [-0.2, -0.15) is 0 Å². The number of alkyl halides is 1. The predicted octanol–water partition coefficient (Wildman–Crippen LogP) is 2.33. The Morgan fingerprint density at radius 1 is 1.71 bits per heavy atom. The van der Waals surface area contributed by atoms with Crippen LogP contribution < -0.4 is 0 Å². The number of rotatable bonds is 2. The Bertz CT molecular complexity index is 409. The van der Waals surface area contributed by atoms with E-state index in [1.54, 1.807) is 23.2 Å². The quantitative estimate of drug-likeness (QED) is 0.562. The maximum absolute atomic E-state index is 11.5. The highest BCUT2D eigenvalue weighted by Crippen LogP contribution is 2.24. The normalized spacial score (nSPS) is 23.9. The van der Waals surface area contributed by atoms with Crippen LogP contribution in [0.25, 0.3) is 0 Å². The van der Waals surface area contributed by atoms with Gasteiger partial charge in [-0.05, 0) is 17.3 Å². The van der Waals surface area contributed by atoms with E-state index in [9.17, 15) is 4.79 Å². The fourth-order valence-corrected chi connectivity index (χ4v) is 1.89. The van der Waals surface area contributed by atoms with E-state index < -0.39 is 0 Å². The fourth-order valence-electron chi connectivity index (χ4n) is 1.39. The summed E-state index contributed by atoms with van der Waals surface area (Å²) in [7, 11) is 0. The van der Waals surface area contributed by atoms with Crippen molar-refractivity contribution in [3.05, 3.63) is 35.2 Å². The third-order valence-corrected chi connectivity index (χ3v) is 2.80. The van der Waals surface area contributed by atoms with Crippen molar-refractivity contribution in [2.75, 3.05) is 5.33 Å². The van der Waals surface area contributed by atoms with Gasteiger partial charge in [-0.15, -0.1) is 0 Å². The van der Waals surface area contributed by atoms with Crippen LogP contribution in [0.2, 0.25) is 0 Å². The monoisotopic (exact) mass is 273 g/mol. The smallest absolute Gasteiger partial charge is 0.233 e. The highest BCUT2D eigenvalue weighted by molar-refractivity contribution is 9.09. The number of halogens is 2. The summed E-state index contributed by atoms with van der Waals surface area (Å²) in [5.74, 6) is 0.0531. The third kappa shape index (κ3) is 1.60. The highest BCUT2D eigenvalue weighted by atomic mass is 79.9. The molecule has 5 heteroatoms. The van der Waals surface area contributed by atoms with Crippen LogP contribution in [0.1, 0.15) is 0 Å². The van der Waals surface area contributed by atoms with Gasteiger partial charge in [-0.25, -0.2) is 0 Å². The van der Waals surface area contributed by atoms with Crippen molar-refractivity contribution >= 4 is 33.3 Å². The summed E-state index contributed by atoms with van der Waals surface area (Å²) < 4.78 is 1.68. The Labute approximate surface area is 94.6 Å². The molecule has 0 N–H and O–H groups in total. The fraction of sp³-hybridized carbons (Fsp3) is 0.222. The molecular weight excluding hydrogens is 267 g/mol. The molecule has 2 aliphatic heterocycles. The number of nitrogens with zero attached hydrogens (tertiary/aromatic N) is 2. The summed E-state index contributed by atoms with van der Waals surface area (Å²) in [5, 5.41) is 5.02. The number of carbonyl (C=O) groups is 1. The molecule has 2 rings (SSSR count). The Morgan fingerprint density at radius 2 is 2.50 bits per heavy atom. The molecule has 14 heavy (non-hydrogen) atoms. The van der Waals surface area contributed by atoms with E-state index in [1.807, 2.05) is 6.08 Å². The zero-order chi connectivity index (χ0) is 10.1. The summed E-state index contributed by atoms with van der Waals surface area (Å²) in [5.41, 5.74) is 0.693. The van der Waals surface area contributed by atoms with Gasteiger partial charge in [0.1, 0.15) is 11.2 Å². The second-order valence-corrected chi connectivity index (χ2v) is 3.95. The molecule has 0 radical (unpaired) electrons. The minimum absolute atomic E-state index is 0.0531. The number of Topliss-reactive ketones (excluding diaryl/α,β-unsaturated/α-hetero) is 1. The third-order valence-electron chi connectivity index (χ3n) is 2.07. The second kappa shape index (κ2) is 3.79. The summed E-state index contributed by atoms with van der Waals surface area (Å²) in [6.45, 7) is 0. The summed E-state index contributed by atoms with van der Waals surface area (Å²) >= 11 is 8.94. The number of carbonyl (C=O) groups excluding carboxylic acids is 1. The first-order valence-corrected chi connectivity index (χ1v) is 5.56. The molecule has 1 unspecified atom stereocenters. The van der Waals surface area contributed by atoms with Crippen molar-refractivity contribution in [1.82, 2.24) is 0 Å². The van der Waals surface area contributed by atoms with E-state index in [1.165, 1.54) is 0 Å². The lowest BCUT2D eigenvalue weighted by Gasteiger charge is -2.06. The van der Waals surface area contributed by atoms with Gasteiger partial charge in [-0.3, -0.25) is 4.79 Å². The van der Waals surface area contributed by atoms with E-state index in [2.05, 4.69) is 21.0 Å². The van der Waals surface area contributed by atoms with Gasteiger partial charge in [0.25, 0.3) is 0 Å². The van der Waals surface area contributed by atoms with Crippen LogP contribution in [0.15, 0.2) is 40.3 Å². The van der Waals surface area contributed by atoms with E-state index >= 15 is 0 Å². The van der Waals surface area contributed by atoms with Gasteiger partial charge in [0, 0.05) is 0 Å². The minimum Gasteiger partial charge on any atom is -0.293 e. The first kappa shape index (κ1) is 9.80. The van der Waals surface area contributed by atoms with Crippen molar-refractivity contribution in [2.24, 2.45) is 5.11 Å². The molecule has 2 heterocycles. The molecule has 0 aliphatic carbocycles. The number of ketones is 1. The number of hydrogen-bond acceptors (Lipinski definition) is 2. The molecule has 0 spiro atoms. The molecule has 1 atom stereocenters. The number of fused-ring (bicyclic) bond motifs is 1. The molecule has 0 saturated heterocycles. The Morgan fingerprint density at radius 3 is 3.21 bits per heavy atom. The minimum atomic E-state index is -0.0810. The van der Waals surface area contributed by atoms with Crippen LogP contribution in [-0.4, -0.2) is 21.9 Å². The SMILES string of the molecule is O=C(CBr)C1=CN=[N+]2C=C(Cl)C=CC12. The van der Waals surface area contributed by atoms with Crippen molar-refractivity contribution in [1.29, 1.82) is 0 Å². The molecule has 0 aromatic rings. The average Bonchev–Trinajstić information content (AvgIpc) is 2.59. The summed E-state index contributed by atoms with van der Waals surface area (Å²) in [4.78, 5) is 11.5. The molecule has 2 aliphatic rings. The van der Waals surface area contributed by atoms with Crippen LogP contribution >= 0.6 is 27.5 Å². The predicted molar refractivity (Wildman–Crippen MR) is 56.4 cm³/mol. The molecule has 0 bridgehead atoms. The number of allylic oxidation sites excluding steroid dienone is 2. The number of azo groups is 2. The van der Waals surface area contributed by atoms with E-state index in [4.69, 9.17) is 11.6 Å². The zero-order valence-electron chi connectivity index (χ0n) is 7.15. The zero-order valence-corrected chi connectivity index (χ0v) is 9.49. The van der Waals surface area contributed by atoms with Crippen LogP contribution in [0.3, 0.4) is 0 Å². The van der Waals surface area contributed by atoms with Crippen LogP contribution in [0, 0.1) is 0 Å². The number of hydrogen-bond donors (Lipinski definition) is 0. The molecular formula is C9H7BrClN2O+. The molecule has 0 saturated carbocycles. The Hall–Kier alpha value is -0.740. The van der Waals surface area contributed by atoms with Gasteiger partial charge < -0.3 is 0 Å².